The zero-order chi connectivity index (χ0) is 17.9. The monoisotopic (exact) mass is 358 g/mol. The molecule has 2 aliphatic heterocycles. The Labute approximate surface area is 144 Å². The third-order valence-corrected chi connectivity index (χ3v) is 4.83. The molecule has 0 aliphatic carbocycles. The lowest BCUT2D eigenvalue weighted by atomic mass is 9.85. The van der Waals surface area contributed by atoms with Gasteiger partial charge in [0.2, 0.25) is 5.91 Å². The summed E-state index contributed by atoms with van der Waals surface area (Å²) in [4.78, 5) is 15.5. The minimum Gasteiger partial charge on any atom is -0.381 e. The summed E-state index contributed by atoms with van der Waals surface area (Å²) in [7, 11) is 1.68. The number of nitrogens with one attached hydrogen (secondary N) is 1. The van der Waals surface area contributed by atoms with E-state index in [0.29, 0.717) is 32.1 Å². The zero-order valence-corrected chi connectivity index (χ0v) is 14.3. The number of aromatic nitrogens is 4. The molecule has 1 aromatic rings. The molecule has 0 bridgehead atoms. The van der Waals surface area contributed by atoms with Crippen LogP contribution in [0.5, 0.6) is 0 Å². The molecule has 10 heteroatoms. The fourth-order valence-electron chi connectivity index (χ4n) is 3.47. The van der Waals surface area contributed by atoms with Crippen molar-refractivity contribution in [1.82, 2.24) is 30.4 Å². The quantitative estimate of drug-likeness (QED) is 0.783. The summed E-state index contributed by atoms with van der Waals surface area (Å²) in [5.41, 5.74) is 0. The van der Waals surface area contributed by atoms with Gasteiger partial charge in [-0.15, -0.1) is 10.2 Å². The fourth-order valence-corrected chi connectivity index (χ4v) is 3.47. The van der Waals surface area contributed by atoms with Gasteiger partial charge in [0.15, 0.2) is 5.82 Å². The lowest BCUT2D eigenvalue weighted by molar-refractivity contribution is -0.139. The summed E-state index contributed by atoms with van der Waals surface area (Å²) in [6, 6.07) is 0. The van der Waals surface area contributed by atoms with Crippen LogP contribution in [0.1, 0.15) is 25.1 Å². The van der Waals surface area contributed by atoms with Gasteiger partial charge in [0.05, 0.1) is 26.1 Å². The third kappa shape index (κ3) is 4.69. The van der Waals surface area contributed by atoms with Crippen LogP contribution >= 0.6 is 0 Å². The molecule has 3 heterocycles. The predicted molar refractivity (Wildman–Crippen MR) is 83.7 cm³/mol. The minimum absolute atomic E-state index is 0.122. The van der Waals surface area contributed by atoms with Crippen LogP contribution < -0.4 is 5.32 Å². The zero-order valence-electron chi connectivity index (χ0n) is 14.3. The van der Waals surface area contributed by atoms with Gasteiger partial charge in [-0.1, -0.05) is 0 Å². The maximum absolute atomic E-state index is 13.5. The van der Waals surface area contributed by atoms with Gasteiger partial charge >= 0.3 is 0 Å². The van der Waals surface area contributed by atoms with Crippen LogP contribution in [0, 0.1) is 11.8 Å². The first-order chi connectivity index (χ1) is 11.9. The molecule has 2 aliphatic rings. The fraction of sp³-hybridized carbons (Fsp3) is 0.867. The highest BCUT2D eigenvalue weighted by Gasteiger charge is 2.43. The molecule has 1 aromatic heterocycles. The highest BCUT2D eigenvalue weighted by molar-refractivity contribution is 5.79. The minimum atomic E-state index is -2.77. The van der Waals surface area contributed by atoms with Gasteiger partial charge in [0.1, 0.15) is 0 Å². The Bertz CT molecular complexity index is 590. The molecule has 1 amide bonds. The number of amides is 1. The van der Waals surface area contributed by atoms with E-state index >= 15 is 0 Å². The number of alkyl halides is 2. The van der Waals surface area contributed by atoms with E-state index in [-0.39, 0.29) is 30.7 Å². The number of hydrogen-bond acceptors (Lipinski definition) is 6. The number of aryl methyl sites for hydroxylation is 1. The van der Waals surface area contributed by atoms with Gasteiger partial charge in [-0.25, -0.2) is 8.78 Å². The molecule has 140 valence electrons. The van der Waals surface area contributed by atoms with Crippen LogP contribution in [0.25, 0.3) is 0 Å². The lowest BCUT2D eigenvalue weighted by Crippen LogP contribution is -2.44. The molecule has 0 aromatic carbocycles. The van der Waals surface area contributed by atoms with Crippen molar-refractivity contribution < 1.29 is 18.3 Å². The van der Waals surface area contributed by atoms with Crippen molar-refractivity contribution in [2.24, 2.45) is 18.9 Å². The number of halogens is 2. The molecule has 0 spiro atoms. The van der Waals surface area contributed by atoms with Gasteiger partial charge in [-0.3, -0.25) is 4.79 Å². The number of carbonyl (C=O) groups excluding carboxylic acids is 1. The van der Waals surface area contributed by atoms with E-state index < -0.39 is 12.5 Å². The van der Waals surface area contributed by atoms with E-state index in [1.807, 2.05) is 0 Å². The maximum Gasteiger partial charge on any atom is 0.267 e. The van der Waals surface area contributed by atoms with Crippen molar-refractivity contribution in [3.8, 4) is 0 Å². The number of rotatable bonds is 6. The van der Waals surface area contributed by atoms with Crippen LogP contribution in [0.15, 0.2) is 0 Å². The largest absolute Gasteiger partial charge is 0.381 e. The summed E-state index contributed by atoms with van der Waals surface area (Å²) in [6.45, 7) is 1.65. The highest BCUT2D eigenvalue weighted by atomic mass is 19.3. The van der Waals surface area contributed by atoms with Crippen molar-refractivity contribution in [2.45, 2.75) is 31.7 Å². The second-order valence-corrected chi connectivity index (χ2v) is 6.75. The molecule has 2 saturated heterocycles. The number of ether oxygens (including phenoxy) is 1. The second kappa shape index (κ2) is 7.69. The van der Waals surface area contributed by atoms with Crippen LogP contribution in [0.2, 0.25) is 0 Å². The molecule has 8 nitrogen and oxygen atoms in total. The van der Waals surface area contributed by atoms with Crippen LogP contribution in [0.3, 0.4) is 0 Å². The molecule has 1 unspecified atom stereocenters. The van der Waals surface area contributed by atoms with E-state index in [2.05, 4.69) is 20.7 Å². The van der Waals surface area contributed by atoms with Crippen molar-refractivity contribution in [3.63, 3.8) is 0 Å². The van der Waals surface area contributed by atoms with Crippen molar-refractivity contribution in [1.29, 1.82) is 0 Å². The molecular weight excluding hydrogens is 334 g/mol. The Morgan fingerprint density at radius 3 is 2.80 bits per heavy atom. The van der Waals surface area contributed by atoms with Crippen molar-refractivity contribution in [2.75, 3.05) is 32.8 Å². The summed E-state index contributed by atoms with van der Waals surface area (Å²) in [6.07, 6.45) is 1.29. The van der Waals surface area contributed by atoms with Crippen LogP contribution in [-0.4, -0.2) is 69.8 Å². The molecule has 25 heavy (non-hydrogen) atoms. The van der Waals surface area contributed by atoms with Crippen LogP contribution in [-0.2, 0) is 23.1 Å². The smallest absolute Gasteiger partial charge is 0.267 e. The number of carbonyl (C=O) groups is 1. The second-order valence-electron chi connectivity index (χ2n) is 6.75. The van der Waals surface area contributed by atoms with E-state index in [1.165, 1.54) is 9.70 Å². The van der Waals surface area contributed by atoms with E-state index in [1.54, 1.807) is 7.05 Å². The number of hydrogen-bond donors (Lipinski definition) is 1. The summed E-state index contributed by atoms with van der Waals surface area (Å²) in [5.74, 6) is -2.63. The average Bonchev–Trinajstić information content (AvgIpc) is 3.17. The molecule has 0 radical (unpaired) electrons. The third-order valence-electron chi connectivity index (χ3n) is 4.83. The molecule has 0 saturated carbocycles. The first kappa shape index (κ1) is 18.1. The first-order valence-electron chi connectivity index (χ1n) is 8.62. The molecule has 2 fully saturated rings. The predicted octanol–water partition coefficient (Wildman–Crippen LogP) is 0.210. The van der Waals surface area contributed by atoms with Gasteiger partial charge in [0, 0.05) is 32.7 Å². The number of nitrogens with zero attached hydrogens (tertiary/aromatic N) is 5. The summed E-state index contributed by atoms with van der Waals surface area (Å²) < 4.78 is 32.3. The Hall–Kier alpha value is -1.68. The Kier molecular flexibility index (Phi) is 5.57. The van der Waals surface area contributed by atoms with E-state index in [4.69, 9.17) is 4.74 Å². The lowest BCUT2D eigenvalue weighted by Gasteiger charge is -2.32. The highest BCUT2D eigenvalue weighted by Crippen LogP contribution is 2.31. The Morgan fingerprint density at radius 2 is 2.20 bits per heavy atom. The molecule has 1 N–H and O–H groups in total. The van der Waals surface area contributed by atoms with Gasteiger partial charge in [-0.2, -0.15) is 4.80 Å². The van der Waals surface area contributed by atoms with Gasteiger partial charge in [0.25, 0.3) is 5.92 Å². The van der Waals surface area contributed by atoms with Gasteiger partial charge < -0.3 is 15.0 Å². The normalized spacial score (nSPS) is 22.3. The van der Waals surface area contributed by atoms with E-state index in [0.717, 1.165) is 12.8 Å². The Morgan fingerprint density at radius 1 is 1.44 bits per heavy atom. The van der Waals surface area contributed by atoms with Gasteiger partial charge in [-0.05, 0) is 24.0 Å². The number of likely N-dealkylation sites (tertiary alicyclic amines) is 1. The standard InChI is InChI=1S/C15H24F2N6O2/c1-22-20-13(19-21-22)9-18-8-12(11-2-6-25-7-3-11)14(24)23-5-4-15(16,17)10-23/h11-12,18H,2-10H2,1H3. The topological polar surface area (TPSA) is 85.2 Å². The molecule has 1 atom stereocenters. The first-order valence-corrected chi connectivity index (χ1v) is 8.62. The van der Waals surface area contributed by atoms with Crippen molar-refractivity contribution in [3.05, 3.63) is 5.82 Å². The molecule has 3 rings (SSSR count). The average molecular weight is 358 g/mol. The summed E-state index contributed by atoms with van der Waals surface area (Å²) >= 11 is 0. The summed E-state index contributed by atoms with van der Waals surface area (Å²) in [5, 5.41) is 14.9. The van der Waals surface area contributed by atoms with Crippen LogP contribution in [0.4, 0.5) is 8.78 Å². The number of tetrazole rings is 1. The Balaban J connectivity index is 1.61. The SMILES string of the molecule is Cn1nnc(CNCC(C(=O)N2CCC(F)(F)C2)C2CCOCC2)n1. The maximum atomic E-state index is 13.5. The molecular formula is C15H24F2N6O2. The van der Waals surface area contributed by atoms with E-state index in [9.17, 15) is 13.6 Å². The van der Waals surface area contributed by atoms with Crippen molar-refractivity contribution >= 4 is 5.91 Å².